The van der Waals surface area contributed by atoms with Gasteiger partial charge in [-0.3, -0.25) is 0 Å². The molecule has 29 heteroatoms. The van der Waals surface area contributed by atoms with Crippen LogP contribution in [0.5, 0.6) is 0 Å². The van der Waals surface area contributed by atoms with E-state index in [2.05, 4.69) is 63.3 Å². The summed E-state index contributed by atoms with van der Waals surface area (Å²) >= 11 is 4.03. The first-order valence-electron chi connectivity index (χ1n) is 58.0. The Kier molecular flexibility index (Phi) is 29.2. The molecule has 56 unspecified atom stereocenters. The van der Waals surface area contributed by atoms with Crippen LogP contribution < -0.4 is 10.6 Å². The molecule has 0 amide bonds. The number of nitrogens with one attached hydrogen (secondary N) is 2. The smallest absolute Gasteiger partial charge is 0.333 e. The highest BCUT2D eigenvalue weighted by Crippen LogP contribution is 2.74. The van der Waals surface area contributed by atoms with E-state index in [1.807, 2.05) is 23.5 Å². The van der Waals surface area contributed by atoms with Crippen LogP contribution in [-0.2, 0) is 119 Å². The summed E-state index contributed by atoms with van der Waals surface area (Å²) in [4.78, 5) is 88.8. The molecule has 32 fully saturated rings. The quantitative estimate of drug-likeness (QED) is 0.0199. The topological polar surface area (TPSA) is 344 Å². The Bertz CT molecular complexity index is 4830. The van der Waals surface area contributed by atoms with E-state index >= 15 is 0 Å². The number of esters is 8. The molecule has 808 valence electrons. The monoisotopic (exact) mass is 2080 g/mol. The lowest BCUT2D eigenvalue weighted by Crippen LogP contribution is -2.42. The zero-order chi connectivity index (χ0) is 101. The summed E-state index contributed by atoms with van der Waals surface area (Å²) in [6.45, 7) is 36.5. The Morgan fingerprint density at radius 3 is 0.980 bits per heavy atom. The lowest BCUT2D eigenvalue weighted by atomic mass is 9.74. The fourth-order valence-corrected chi connectivity index (χ4v) is 42.3. The highest BCUT2D eigenvalue weighted by molar-refractivity contribution is 8.00. The van der Waals surface area contributed by atoms with Crippen molar-refractivity contribution in [3.05, 3.63) is 100 Å². The molecule has 24 aliphatic carbocycles. The number of epoxide rings is 8. The van der Waals surface area contributed by atoms with Gasteiger partial charge in [-0.2, -0.15) is 23.5 Å². The van der Waals surface area contributed by atoms with Crippen molar-refractivity contribution in [1.82, 2.24) is 10.6 Å². The fraction of sp³-hybridized carbons (Fsp3) is 0.798. The van der Waals surface area contributed by atoms with Crippen molar-refractivity contribution in [2.75, 3.05) is 77.5 Å². The van der Waals surface area contributed by atoms with E-state index in [-0.39, 0.29) is 53.9 Å². The third kappa shape index (κ3) is 20.0. The molecule has 8 saturated heterocycles. The molecule has 32 rings (SSSR count). The maximum absolute atomic E-state index is 11.3. The molecule has 24 saturated carbocycles. The van der Waals surface area contributed by atoms with Gasteiger partial charge in [-0.05, 0) is 376 Å². The number of hydrogen-bond donors (Lipinski definition) is 2. The second-order valence-electron chi connectivity index (χ2n) is 51.1. The van der Waals surface area contributed by atoms with E-state index < -0.39 is 0 Å². The Morgan fingerprint density at radius 1 is 0.277 bits per heavy atom. The van der Waals surface area contributed by atoms with Crippen LogP contribution in [-0.4, -0.2) is 258 Å². The van der Waals surface area contributed by atoms with Crippen molar-refractivity contribution in [2.45, 2.75) is 307 Å². The van der Waals surface area contributed by atoms with Crippen LogP contribution in [0, 0.1) is 201 Å². The lowest BCUT2D eigenvalue weighted by molar-refractivity contribution is -0.147. The standard InChI is InChI=1S/C16H23NO3.C16H22O3S.C15H21NO3.C15H20O4.C15H20O3S.C15H20O3.C14H18O3.C13H16O3/c1-8(2)16(18)19-4-3-17-12-6-9-5-10(12)11-7-13-15(20-13)14(9)11;1-8(2)16(17)18-3-4-20-13-6-9-5-10(13)11-7-12-15(19-12)14(9)11;1-2-13(17)18-4-3-16-11-6-8-5-9(11)10-7-12-15(19-12)14(8)10;1-2-13(16)18-4-3-17-11-6-8-5-9(11)10-7-12-15(19-12)14(8)10;1-2-13(16)17-3-4-19-12-6-8-5-9(12)10-7-11-15(18-11)14(8)10;1-2-13(16)17-4-3-8-5-9-6-10(8)11-7-12-15(18-12)14(9)11;1-2-12(15)16-6-8-3-7-4-9(8)10-5-11-14(17-11)13(7)10;1-2-11(14)15-9-4-6-3-7(9)8-5-10-13(16-10)12(6)8/h9-15,17H,1,3-7H2,2H3;9-15H,1,3-7H2,2H3;2,8-12,14-16H,1,3-7H2;2*2,8-12,14-15H,1,3-7H2;2,8-12,14-15H,1,3-7H2;2,7-11,13-14H,1,3-6H2;2,6-10,12-13H,1,3-5H2. The van der Waals surface area contributed by atoms with Crippen molar-refractivity contribution in [2.24, 2.45) is 201 Å². The molecule has 8 heterocycles. The van der Waals surface area contributed by atoms with Crippen LogP contribution in [0.2, 0.25) is 0 Å². The number of hydrogen-bond acceptors (Lipinski definition) is 29. The molecule has 16 bridgehead atoms. The van der Waals surface area contributed by atoms with Gasteiger partial charge >= 0.3 is 47.8 Å². The van der Waals surface area contributed by atoms with Crippen molar-refractivity contribution >= 4 is 71.3 Å². The Morgan fingerprint density at radius 2 is 0.568 bits per heavy atom. The maximum Gasteiger partial charge on any atom is 0.333 e. The predicted molar refractivity (Wildman–Crippen MR) is 547 cm³/mol. The number of ether oxygens (including phenoxy) is 17. The molecular weight excluding hydrogens is 1920 g/mol. The summed E-state index contributed by atoms with van der Waals surface area (Å²) in [6.07, 6.45) is 49.9. The van der Waals surface area contributed by atoms with Crippen molar-refractivity contribution in [3.63, 3.8) is 0 Å². The Hall–Kier alpha value is -6.06. The zero-order valence-electron chi connectivity index (χ0n) is 86.6. The Labute approximate surface area is 881 Å². The van der Waals surface area contributed by atoms with Gasteiger partial charge in [0.15, 0.2) is 0 Å². The minimum atomic E-state index is -0.371. The van der Waals surface area contributed by atoms with Gasteiger partial charge in [0.1, 0.15) is 39.1 Å². The molecule has 0 aromatic rings. The van der Waals surface area contributed by atoms with Crippen molar-refractivity contribution in [3.8, 4) is 0 Å². The highest BCUT2D eigenvalue weighted by Gasteiger charge is 2.75. The van der Waals surface area contributed by atoms with Gasteiger partial charge in [0.25, 0.3) is 0 Å². The highest BCUT2D eigenvalue weighted by atomic mass is 32.2. The minimum Gasteiger partial charge on any atom is -0.463 e. The van der Waals surface area contributed by atoms with Gasteiger partial charge in [-0.25, -0.2) is 38.4 Å². The largest absolute Gasteiger partial charge is 0.463 e. The van der Waals surface area contributed by atoms with Crippen LogP contribution >= 0.6 is 23.5 Å². The molecule has 0 spiro atoms. The lowest BCUT2D eigenvalue weighted by Gasteiger charge is -2.33. The number of thioether (sulfide) groups is 2. The second-order valence-corrected chi connectivity index (χ2v) is 53.8. The average molecular weight is 2080 g/mol. The molecule has 0 aromatic carbocycles. The van der Waals surface area contributed by atoms with E-state index in [0.717, 1.165) is 237 Å². The van der Waals surface area contributed by atoms with E-state index in [0.29, 0.717) is 192 Å². The Balaban J connectivity index is 0.0000000879. The summed E-state index contributed by atoms with van der Waals surface area (Å²) < 4.78 is 92.6. The van der Waals surface area contributed by atoms with E-state index in [9.17, 15) is 38.4 Å². The van der Waals surface area contributed by atoms with Crippen molar-refractivity contribution in [1.29, 1.82) is 0 Å². The van der Waals surface area contributed by atoms with Gasteiger partial charge in [0.05, 0.1) is 124 Å². The maximum atomic E-state index is 11.3. The molecule has 32 aliphatic rings. The first-order valence-corrected chi connectivity index (χ1v) is 60.0. The summed E-state index contributed by atoms with van der Waals surface area (Å²) in [5.74, 6) is 28.2. The molecule has 148 heavy (non-hydrogen) atoms. The number of carbonyl (C=O) groups excluding carboxylic acids is 8. The molecule has 56 atom stereocenters. The van der Waals surface area contributed by atoms with Crippen molar-refractivity contribution < 1.29 is 119 Å². The first kappa shape index (κ1) is 102. The molecule has 0 radical (unpaired) electrons. The molecule has 27 nitrogen and oxygen atoms in total. The van der Waals surface area contributed by atoms with Gasteiger partial charge in [-0.1, -0.05) is 52.6 Å². The summed E-state index contributed by atoms with van der Waals surface area (Å²) in [5.41, 5.74) is 0.959. The molecule has 2 N–H and O–H groups in total. The van der Waals surface area contributed by atoms with Gasteiger partial charge in [0.2, 0.25) is 0 Å². The zero-order valence-corrected chi connectivity index (χ0v) is 88.3. The molecule has 0 aromatic heterocycles. The van der Waals surface area contributed by atoms with Crippen LogP contribution in [0.25, 0.3) is 0 Å². The van der Waals surface area contributed by atoms with Crippen LogP contribution in [0.3, 0.4) is 0 Å². The summed E-state index contributed by atoms with van der Waals surface area (Å²) in [6, 6.07) is 1.26. The fourth-order valence-electron chi connectivity index (χ4n) is 39.4. The number of fused-ring (bicyclic) bond motifs is 56. The number of rotatable bonds is 34. The van der Waals surface area contributed by atoms with Crippen LogP contribution in [0.1, 0.15) is 174 Å². The molecular formula is C119H160N2O25S2. The predicted octanol–water partition coefficient (Wildman–Crippen LogP) is 14.5. The average Bonchev–Trinajstić information content (AvgIpc) is 1.59. The first-order chi connectivity index (χ1) is 71.9. The van der Waals surface area contributed by atoms with E-state index in [4.69, 9.17) is 80.5 Å². The van der Waals surface area contributed by atoms with Crippen LogP contribution in [0.15, 0.2) is 100 Å². The van der Waals surface area contributed by atoms with E-state index in [1.54, 1.807) is 13.8 Å². The second kappa shape index (κ2) is 42.1. The molecule has 8 aliphatic heterocycles. The SMILES string of the molecule is C=C(C)C(=O)OCCNC1CC2CC1C1CC3OC3C21.C=C(C)C(=O)OCCSC1CC2CC1C1CC3OC3C21.C=CC(=O)OC1CC2CC1C1CC3OC3C21.C=CC(=O)OCC1CC2CC1C1CC3OC3C21.C=CC(=O)OCCC1CC2CC1C1CC3OC3C21.C=CC(=O)OCCNC1CC2CC1C1CC3OC3C21.C=CC(=O)OCCOC1CC2CC1C1CC3OC3C21.C=CC(=O)OCCSC1CC2CC1C1CC3OC3C21. The normalized spacial score (nSPS) is 49.7. The number of carbonyl (C=O) groups is 8. The third-order valence-corrected chi connectivity index (χ3v) is 47.3. The van der Waals surface area contributed by atoms with Gasteiger partial charge in [0, 0.05) is 94.8 Å². The summed E-state index contributed by atoms with van der Waals surface area (Å²) in [5, 5.41) is 8.78. The van der Waals surface area contributed by atoms with Crippen LogP contribution in [0.4, 0.5) is 0 Å². The van der Waals surface area contributed by atoms with E-state index in [1.165, 1.54) is 184 Å². The minimum absolute atomic E-state index is 0.161. The van der Waals surface area contributed by atoms with Gasteiger partial charge in [-0.15, -0.1) is 0 Å². The third-order valence-electron chi connectivity index (χ3n) is 44.6. The van der Waals surface area contributed by atoms with Gasteiger partial charge < -0.3 is 91.2 Å². The summed E-state index contributed by atoms with van der Waals surface area (Å²) in [7, 11) is 0.